The molecule has 0 aliphatic carbocycles. The first-order valence-corrected chi connectivity index (χ1v) is 6.30. The second-order valence-electron chi connectivity index (χ2n) is 3.94. The Bertz CT molecular complexity index is 288. The number of aliphatic hydroxyl groups is 1. The lowest BCUT2D eigenvalue weighted by Crippen LogP contribution is -2.31. The highest BCUT2D eigenvalue weighted by Crippen LogP contribution is 2.11. The lowest BCUT2D eigenvalue weighted by Gasteiger charge is -2.17. The molecule has 1 rings (SSSR count). The average molecular weight is 228 g/mol. The fourth-order valence-electron chi connectivity index (χ4n) is 1.30. The van der Waals surface area contributed by atoms with Gasteiger partial charge in [-0.05, 0) is 12.8 Å². The number of nitrogens with zero attached hydrogens (tertiary/aromatic N) is 1. The smallest absolute Gasteiger partial charge is 0.0798 e. The second kappa shape index (κ2) is 6.20. The van der Waals surface area contributed by atoms with Gasteiger partial charge in [0, 0.05) is 18.0 Å². The minimum Gasteiger partial charge on any atom is -0.392 e. The molecular weight excluding hydrogens is 208 g/mol. The number of hydrogen-bond donors (Lipinski definition) is 2. The van der Waals surface area contributed by atoms with Crippen molar-refractivity contribution in [1.82, 2.24) is 10.3 Å². The Hall–Kier alpha value is -0.450. The highest BCUT2D eigenvalue weighted by atomic mass is 32.1. The van der Waals surface area contributed by atoms with Gasteiger partial charge in [0.25, 0.3) is 0 Å². The predicted molar refractivity (Wildman–Crippen MR) is 64.0 cm³/mol. The molecule has 1 heterocycles. The summed E-state index contributed by atoms with van der Waals surface area (Å²) in [5.41, 5.74) is 2.95. The maximum Gasteiger partial charge on any atom is 0.0798 e. The predicted octanol–water partition coefficient (Wildman–Crippen LogP) is 1.95. The summed E-state index contributed by atoms with van der Waals surface area (Å²) >= 11 is 1.66. The molecule has 0 aliphatic heterocycles. The SMILES string of the molecule is CCC(C)C(O)CNCc1scnc1C. The first kappa shape index (κ1) is 12.6. The van der Waals surface area contributed by atoms with Crippen LogP contribution in [0.15, 0.2) is 5.51 Å². The third kappa shape index (κ3) is 3.89. The van der Waals surface area contributed by atoms with E-state index in [4.69, 9.17) is 0 Å². The zero-order valence-corrected chi connectivity index (χ0v) is 10.5. The number of thiazole rings is 1. The molecule has 0 aliphatic rings. The Morgan fingerprint density at radius 3 is 2.87 bits per heavy atom. The molecule has 2 atom stereocenters. The van der Waals surface area contributed by atoms with Gasteiger partial charge in [-0.25, -0.2) is 4.98 Å². The van der Waals surface area contributed by atoms with Gasteiger partial charge in [-0.15, -0.1) is 11.3 Å². The summed E-state index contributed by atoms with van der Waals surface area (Å²) in [6.07, 6.45) is 0.769. The molecule has 4 heteroatoms. The summed E-state index contributed by atoms with van der Waals surface area (Å²) in [6, 6.07) is 0. The van der Waals surface area contributed by atoms with Crippen molar-refractivity contribution >= 4 is 11.3 Å². The number of aromatic nitrogens is 1. The van der Waals surface area contributed by atoms with E-state index in [-0.39, 0.29) is 6.10 Å². The Balaban J connectivity index is 2.25. The van der Waals surface area contributed by atoms with Gasteiger partial charge in [-0.3, -0.25) is 0 Å². The van der Waals surface area contributed by atoms with Crippen molar-refractivity contribution in [3.05, 3.63) is 16.1 Å². The van der Waals surface area contributed by atoms with Crippen LogP contribution in [0.2, 0.25) is 0 Å². The van der Waals surface area contributed by atoms with E-state index in [2.05, 4.69) is 24.1 Å². The van der Waals surface area contributed by atoms with Gasteiger partial charge < -0.3 is 10.4 Å². The van der Waals surface area contributed by atoms with Gasteiger partial charge in [0.05, 0.1) is 17.3 Å². The van der Waals surface area contributed by atoms with Crippen LogP contribution in [0.3, 0.4) is 0 Å². The van der Waals surface area contributed by atoms with Crippen molar-refractivity contribution in [1.29, 1.82) is 0 Å². The maximum absolute atomic E-state index is 9.74. The van der Waals surface area contributed by atoms with E-state index >= 15 is 0 Å². The molecule has 86 valence electrons. The third-order valence-corrected chi connectivity index (χ3v) is 3.72. The van der Waals surface area contributed by atoms with Gasteiger partial charge in [-0.1, -0.05) is 20.3 Å². The average Bonchev–Trinajstić information content (AvgIpc) is 2.63. The highest BCUT2D eigenvalue weighted by Gasteiger charge is 2.11. The van der Waals surface area contributed by atoms with Crippen molar-refractivity contribution < 1.29 is 5.11 Å². The molecule has 2 N–H and O–H groups in total. The van der Waals surface area contributed by atoms with Crippen molar-refractivity contribution in [3.8, 4) is 0 Å². The van der Waals surface area contributed by atoms with E-state index in [0.29, 0.717) is 12.5 Å². The number of nitrogens with one attached hydrogen (secondary N) is 1. The van der Waals surface area contributed by atoms with Gasteiger partial charge in [0.1, 0.15) is 0 Å². The minimum atomic E-state index is -0.247. The van der Waals surface area contributed by atoms with Crippen LogP contribution in [0.1, 0.15) is 30.8 Å². The first-order valence-electron chi connectivity index (χ1n) is 5.42. The van der Waals surface area contributed by atoms with E-state index in [0.717, 1.165) is 18.7 Å². The summed E-state index contributed by atoms with van der Waals surface area (Å²) in [5, 5.41) is 13.0. The number of hydrogen-bond acceptors (Lipinski definition) is 4. The second-order valence-corrected chi connectivity index (χ2v) is 4.88. The number of aliphatic hydroxyl groups excluding tert-OH is 1. The Morgan fingerprint density at radius 1 is 1.60 bits per heavy atom. The van der Waals surface area contributed by atoms with Crippen LogP contribution >= 0.6 is 11.3 Å². The van der Waals surface area contributed by atoms with Crippen LogP contribution in [0, 0.1) is 12.8 Å². The molecule has 1 aromatic heterocycles. The zero-order chi connectivity index (χ0) is 11.3. The topological polar surface area (TPSA) is 45.1 Å². The van der Waals surface area contributed by atoms with Crippen LogP contribution in [-0.2, 0) is 6.54 Å². The summed E-state index contributed by atoms with van der Waals surface area (Å²) < 4.78 is 0. The van der Waals surface area contributed by atoms with Crippen LogP contribution in [-0.4, -0.2) is 22.7 Å². The lowest BCUT2D eigenvalue weighted by atomic mass is 10.0. The van der Waals surface area contributed by atoms with E-state index in [1.807, 2.05) is 12.4 Å². The molecule has 3 nitrogen and oxygen atoms in total. The van der Waals surface area contributed by atoms with Gasteiger partial charge in [0.2, 0.25) is 0 Å². The molecule has 0 radical (unpaired) electrons. The van der Waals surface area contributed by atoms with E-state index < -0.39 is 0 Å². The minimum absolute atomic E-state index is 0.247. The number of rotatable bonds is 6. The van der Waals surface area contributed by atoms with Gasteiger partial charge in [0.15, 0.2) is 0 Å². The molecule has 0 saturated carbocycles. The van der Waals surface area contributed by atoms with E-state index in [9.17, 15) is 5.11 Å². The Labute approximate surface area is 95.6 Å². The summed E-state index contributed by atoms with van der Waals surface area (Å²) in [5.74, 6) is 0.361. The summed E-state index contributed by atoms with van der Waals surface area (Å²) in [7, 11) is 0. The van der Waals surface area contributed by atoms with Crippen LogP contribution in [0.5, 0.6) is 0 Å². The van der Waals surface area contributed by atoms with Crippen LogP contribution in [0.25, 0.3) is 0 Å². The highest BCUT2D eigenvalue weighted by molar-refractivity contribution is 7.09. The first-order chi connectivity index (χ1) is 7.15. The lowest BCUT2D eigenvalue weighted by molar-refractivity contribution is 0.113. The van der Waals surface area contributed by atoms with E-state index in [1.54, 1.807) is 11.3 Å². The molecule has 2 unspecified atom stereocenters. The standard InChI is InChI=1S/C11H20N2OS/c1-4-8(2)10(14)5-12-6-11-9(3)13-7-15-11/h7-8,10,12,14H,4-6H2,1-3H3. The zero-order valence-electron chi connectivity index (χ0n) is 9.66. The quantitative estimate of drug-likeness (QED) is 0.782. The molecule has 0 amide bonds. The third-order valence-electron chi connectivity index (χ3n) is 2.78. The van der Waals surface area contributed by atoms with Crippen LogP contribution in [0.4, 0.5) is 0 Å². The van der Waals surface area contributed by atoms with Crippen LogP contribution < -0.4 is 5.32 Å². The Morgan fingerprint density at radius 2 is 2.33 bits per heavy atom. The number of aryl methyl sites for hydroxylation is 1. The fraction of sp³-hybridized carbons (Fsp3) is 0.727. The normalized spacial score (nSPS) is 15.2. The maximum atomic E-state index is 9.74. The van der Waals surface area contributed by atoms with Crippen molar-refractivity contribution in [2.24, 2.45) is 5.92 Å². The molecule has 0 aromatic carbocycles. The fourth-order valence-corrected chi connectivity index (χ4v) is 2.05. The van der Waals surface area contributed by atoms with Gasteiger partial charge >= 0.3 is 0 Å². The monoisotopic (exact) mass is 228 g/mol. The van der Waals surface area contributed by atoms with Crippen molar-refractivity contribution in [2.75, 3.05) is 6.54 Å². The molecule has 0 fully saturated rings. The van der Waals surface area contributed by atoms with Crippen molar-refractivity contribution in [2.45, 2.75) is 39.8 Å². The largest absolute Gasteiger partial charge is 0.392 e. The molecule has 15 heavy (non-hydrogen) atoms. The van der Waals surface area contributed by atoms with Gasteiger partial charge in [-0.2, -0.15) is 0 Å². The Kier molecular flexibility index (Phi) is 5.22. The molecule has 0 bridgehead atoms. The molecular formula is C11H20N2OS. The molecule has 0 spiro atoms. The van der Waals surface area contributed by atoms with E-state index in [1.165, 1.54) is 4.88 Å². The molecule has 0 saturated heterocycles. The summed E-state index contributed by atoms with van der Waals surface area (Å²) in [4.78, 5) is 5.44. The van der Waals surface area contributed by atoms with Crippen molar-refractivity contribution in [3.63, 3.8) is 0 Å². The molecule has 1 aromatic rings. The summed E-state index contributed by atoms with van der Waals surface area (Å²) in [6.45, 7) is 7.65.